The molecule has 0 amide bonds. The molecule has 2 rings (SSSR count). The van der Waals surface area contributed by atoms with Gasteiger partial charge in [0.15, 0.2) is 0 Å². The van der Waals surface area contributed by atoms with E-state index in [1.165, 1.54) is 25.9 Å². The normalized spacial score (nSPS) is 24.5. The third-order valence-corrected chi connectivity index (χ3v) is 3.54. The fourth-order valence-electron chi connectivity index (χ4n) is 2.43. The van der Waals surface area contributed by atoms with E-state index >= 15 is 0 Å². The summed E-state index contributed by atoms with van der Waals surface area (Å²) in [6.07, 6.45) is 6.29. The van der Waals surface area contributed by atoms with Gasteiger partial charge >= 0.3 is 0 Å². The zero-order valence-corrected chi connectivity index (χ0v) is 10.2. The highest BCUT2D eigenvalue weighted by Gasteiger charge is 2.22. The number of aromatic amines is 1. The molecule has 0 radical (unpaired) electrons. The molecule has 2 unspecified atom stereocenters. The van der Waals surface area contributed by atoms with Crippen LogP contribution in [0, 0.1) is 5.92 Å². The van der Waals surface area contributed by atoms with Crippen LogP contribution in [0.15, 0.2) is 12.5 Å². The lowest BCUT2D eigenvalue weighted by molar-refractivity contribution is 0.178. The van der Waals surface area contributed by atoms with Crippen molar-refractivity contribution in [3.63, 3.8) is 0 Å². The third-order valence-electron chi connectivity index (χ3n) is 3.54. The molecule has 1 saturated heterocycles. The molecule has 1 fully saturated rings. The first-order chi connectivity index (χ1) is 7.75. The molecule has 90 valence electrons. The van der Waals surface area contributed by atoms with E-state index in [1.807, 2.05) is 6.20 Å². The highest BCUT2D eigenvalue weighted by molar-refractivity contribution is 4.94. The zero-order valence-electron chi connectivity index (χ0n) is 10.2. The molecule has 4 heteroatoms. The molecule has 2 N–H and O–H groups in total. The molecule has 1 aromatic rings. The first kappa shape index (κ1) is 11.6. The van der Waals surface area contributed by atoms with Crippen LogP contribution >= 0.6 is 0 Å². The van der Waals surface area contributed by atoms with Crippen molar-refractivity contribution in [2.75, 3.05) is 20.1 Å². The maximum Gasteiger partial charge on any atom is 0.0922 e. The molecule has 0 aromatic carbocycles. The van der Waals surface area contributed by atoms with Crippen LogP contribution in [0.4, 0.5) is 0 Å². The Bertz CT molecular complexity index is 296. The van der Waals surface area contributed by atoms with Crippen LogP contribution in [0.25, 0.3) is 0 Å². The number of imidazole rings is 1. The zero-order chi connectivity index (χ0) is 11.4. The van der Waals surface area contributed by atoms with Gasteiger partial charge in [-0.1, -0.05) is 0 Å². The summed E-state index contributed by atoms with van der Waals surface area (Å²) < 4.78 is 0. The van der Waals surface area contributed by atoms with Crippen molar-refractivity contribution >= 4 is 0 Å². The average molecular weight is 222 g/mol. The van der Waals surface area contributed by atoms with E-state index in [9.17, 15) is 0 Å². The molecular formula is C12H22N4. The molecule has 2 atom stereocenters. The standard InChI is InChI=1S/C12H22N4/c1-10(11-4-3-5-16(2)8-11)14-7-12-6-13-9-15-12/h6,9-11,14H,3-5,7-8H2,1-2H3,(H,13,15). The van der Waals surface area contributed by atoms with E-state index in [4.69, 9.17) is 0 Å². The molecule has 1 aliphatic heterocycles. The lowest BCUT2D eigenvalue weighted by atomic mass is 9.92. The van der Waals surface area contributed by atoms with Crippen molar-refractivity contribution in [2.45, 2.75) is 32.4 Å². The molecule has 1 aromatic heterocycles. The molecule has 1 aliphatic rings. The van der Waals surface area contributed by atoms with Gasteiger partial charge in [-0.25, -0.2) is 4.98 Å². The summed E-state index contributed by atoms with van der Waals surface area (Å²) >= 11 is 0. The quantitative estimate of drug-likeness (QED) is 0.805. The van der Waals surface area contributed by atoms with E-state index in [0.717, 1.165) is 18.2 Å². The first-order valence-corrected chi connectivity index (χ1v) is 6.15. The van der Waals surface area contributed by atoms with Gasteiger partial charge in [-0.05, 0) is 39.3 Å². The van der Waals surface area contributed by atoms with Crippen LogP contribution in [0.5, 0.6) is 0 Å². The maximum atomic E-state index is 4.02. The minimum atomic E-state index is 0.575. The van der Waals surface area contributed by atoms with E-state index in [1.54, 1.807) is 6.33 Å². The smallest absolute Gasteiger partial charge is 0.0922 e. The summed E-state index contributed by atoms with van der Waals surface area (Å²) in [4.78, 5) is 9.57. The molecule has 2 heterocycles. The largest absolute Gasteiger partial charge is 0.347 e. The van der Waals surface area contributed by atoms with E-state index in [2.05, 4.69) is 34.2 Å². The number of rotatable bonds is 4. The van der Waals surface area contributed by atoms with Crippen molar-refractivity contribution in [3.05, 3.63) is 18.2 Å². The predicted molar refractivity (Wildman–Crippen MR) is 65.1 cm³/mol. The van der Waals surface area contributed by atoms with Gasteiger partial charge in [-0.3, -0.25) is 0 Å². The summed E-state index contributed by atoms with van der Waals surface area (Å²) in [5.41, 5.74) is 1.16. The summed E-state index contributed by atoms with van der Waals surface area (Å²) in [6, 6.07) is 0.575. The average Bonchev–Trinajstić information content (AvgIpc) is 2.78. The van der Waals surface area contributed by atoms with Gasteiger partial charge in [0.1, 0.15) is 0 Å². The fraction of sp³-hybridized carbons (Fsp3) is 0.750. The molecule has 0 saturated carbocycles. The number of H-pyrrole nitrogens is 1. The van der Waals surface area contributed by atoms with Gasteiger partial charge in [0.05, 0.1) is 6.33 Å². The van der Waals surface area contributed by atoms with Crippen molar-refractivity contribution in [3.8, 4) is 0 Å². The van der Waals surface area contributed by atoms with Gasteiger partial charge in [0.2, 0.25) is 0 Å². The summed E-state index contributed by atoms with van der Waals surface area (Å²) in [5.74, 6) is 0.779. The third kappa shape index (κ3) is 3.06. The number of nitrogens with zero attached hydrogens (tertiary/aromatic N) is 2. The molecule has 4 nitrogen and oxygen atoms in total. The van der Waals surface area contributed by atoms with E-state index in [0.29, 0.717) is 6.04 Å². The number of nitrogens with one attached hydrogen (secondary N) is 2. The summed E-state index contributed by atoms with van der Waals surface area (Å²) in [7, 11) is 2.22. The second-order valence-corrected chi connectivity index (χ2v) is 4.91. The van der Waals surface area contributed by atoms with Crippen molar-refractivity contribution < 1.29 is 0 Å². The molecular weight excluding hydrogens is 200 g/mol. The van der Waals surface area contributed by atoms with E-state index < -0.39 is 0 Å². The predicted octanol–water partition coefficient (Wildman–Crippen LogP) is 1.23. The Hall–Kier alpha value is -0.870. The molecule has 0 spiro atoms. The minimum Gasteiger partial charge on any atom is -0.347 e. The molecule has 0 aliphatic carbocycles. The van der Waals surface area contributed by atoms with Gasteiger partial charge < -0.3 is 15.2 Å². The van der Waals surface area contributed by atoms with Crippen molar-refractivity contribution in [2.24, 2.45) is 5.92 Å². The van der Waals surface area contributed by atoms with Gasteiger partial charge in [0, 0.05) is 31.0 Å². The van der Waals surface area contributed by atoms with Crippen molar-refractivity contribution in [1.82, 2.24) is 20.2 Å². The van der Waals surface area contributed by atoms with Crippen LogP contribution in [0.1, 0.15) is 25.5 Å². The fourth-order valence-corrected chi connectivity index (χ4v) is 2.43. The monoisotopic (exact) mass is 222 g/mol. The Labute approximate surface area is 97.4 Å². The van der Waals surface area contributed by atoms with Crippen LogP contribution in [-0.2, 0) is 6.54 Å². The first-order valence-electron chi connectivity index (χ1n) is 6.15. The van der Waals surface area contributed by atoms with Crippen LogP contribution in [-0.4, -0.2) is 41.0 Å². The number of hydrogen-bond acceptors (Lipinski definition) is 3. The Morgan fingerprint density at radius 2 is 2.56 bits per heavy atom. The Morgan fingerprint density at radius 1 is 1.69 bits per heavy atom. The number of piperidine rings is 1. The van der Waals surface area contributed by atoms with Crippen LogP contribution < -0.4 is 5.32 Å². The second-order valence-electron chi connectivity index (χ2n) is 4.91. The SMILES string of the molecule is CC(NCc1cnc[nH]1)C1CCCN(C)C1. The highest BCUT2D eigenvalue weighted by Crippen LogP contribution is 2.18. The number of likely N-dealkylation sites (tertiary alicyclic amines) is 1. The Balaban J connectivity index is 1.76. The summed E-state index contributed by atoms with van der Waals surface area (Å²) in [6.45, 7) is 5.66. The number of aromatic nitrogens is 2. The van der Waals surface area contributed by atoms with E-state index in [-0.39, 0.29) is 0 Å². The summed E-state index contributed by atoms with van der Waals surface area (Å²) in [5, 5.41) is 3.58. The minimum absolute atomic E-state index is 0.575. The number of hydrogen-bond donors (Lipinski definition) is 2. The highest BCUT2D eigenvalue weighted by atomic mass is 15.1. The van der Waals surface area contributed by atoms with Gasteiger partial charge in [0.25, 0.3) is 0 Å². The van der Waals surface area contributed by atoms with Crippen LogP contribution in [0.3, 0.4) is 0 Å². The van der Waals surface area contributed by atoms with Crippen molar-refractivity contribution in [1.29, 1.82) is 0 Å². The molecule has 0 bridgehead atoms. The maximum absolute atomic E-state index is 4.02. The molecule has 16 heavy (non-hydrogen) atoms. The van der Waals surface area contributed by atoms with Gasteiger partial charge in [-0.2, -0.15) is 0 Å². The topological polar surface area (TPSA) is 44.0 Å². The second kappa shape index (κ2) is 5.46. The van der Waals surface area contributed by atoms with Crippen LogP contribution in [0.2, 0.25) is 0 Å². The lowest BCUT2D eigenvalue weighted by Crippen LogP contribution is -2.42. The Kier molecular flexibility index (Phi) is 3.96. The Morgan fingerprint density at radius 3 is 3.25 bits per heavy atom. The lowest BCUT2D eigenvalue weighted by Gasteiger charge is -2.33. The van der Waals surface area contributed by atoms with Gasteiger partial charge in [-0.15, -0.1) is 0 Å².